The van der Waals surface area contributed by atoms with Crippen LogP contribution in [0.25, 0.3) is 0 Å². The molecule has 2 amide bonds. The smallest absolute Gasteiger partial charge is 0.283 e. The minimum absolute atomic E-state index is 0.161. The van der Waals surface area contributed by atoms with Crippen molar-refractivity contribution in [3.63, 3.8) is 0 Å². The second-order valence-corrected chi connectivity index (χ2v) is 9.13. The van der Waals surface area contributed by atoms with Gasteiger partial charge in [0, 0.05) is 15.6 Å². The molecule has 0 aliphatic carbocycles. The number of rotatable bonds is 5. The number of imide groups is 1. The largest absolute Gasteiger partial charge is 0.350 e. The molecule has 1 aliphatic rings. The molecule has 8 heteroatoms. The average Bonchev–Trinajstić information content (AvgIpc) is 2.96. The van der Waals surface area contributed by atoms with Crippen molar-refractivity contribution in [2.75, 3.05) is 10.2 Å². The van der Waals surface area contributed by atoms with Gasteiger partial charge in [-0.15, -0.1) is 0 Å². The first-order valence-corrected chi connectivity index (χ1v) is 11.1. The van der Waals surface area contributed by atoms with Crippen LogP contribution in [0.5, 0.6) is 0 Å². The van der Waals surface area contributed by atoms with Crippen LogP contribution in [0.4, 0.5) is 11.4 Å². The molecule has 0 atom stereocenters. The van der Waals surface area contributed by atoms with Crippen molar-refractivity contribution in [1.82, 2.24) is 0 Å². The van der Waals surface area contributed by atoms with E-state index in [1.807, 2.05) is 31.2 Å². The molecule has 3 aromatic rings. The lowest BCUT2D eigenvalue weighted by molar-refractivity contribution is -0.120. The highest BCUT2D eigenvalue weighted by Crippen LogP contribution is 2.38. The summed E-state index contributed by atoms with van der Waals surface area (Å²) in [6.45, 7) is 1.98. The standard InChI is InChI=1S/C23H15Cl3N2O2S/c1-13-5-8-17(9-6-13)31-21-20(27-15-7-10-18(25)19(26)12-15)22(29)28(23(21)30)16-4-2-3-14(24)11-16/h2-12,27H,1H3. The number of hydrogen-bond donors (Lipinski definition) is 1. The highest BCUT2D eigenvalue weighted by atomic mass is 35.5. The quantitative estimate of drug-likeness (QED) is 0.394. The third-order valence-corrected chi connectivity index (χ3v) is 6.60. The van der Waals surface area contributed by atoms with Crippen LogP contribution in [0.15, 0.2) is 82.2 Å². The summed E-state index contributed by atoms with van der Waals surface area (Å²) in [6.07, 6.45) is 0. The van der Waals surface area contributed by atoms with E-state index in [4.69, 9.17) is 34.8 Å². The van der Waals surface area contributed by atoms with E-state index in [9.17, 15) is 9.59 Å². The van der Waals surface area contributed by atoms with Gasteiger partial charge in [-0.1, -0.05) is 70.3 Å². The summed E-state index contributed by atoms with van der Waals surface area (Å²) in [6, 6.07) is 19.2. The fourth-order valence-electron chi connectivity index (χ4n) is 3.01. The van der Waals surface area contributed by atoms with Crippen molar-refractivity contribution < 1.29 is 9.59 Å². The van der Waals surface area contributed by atoms with Crippen molar-refractivity contribution in [3.8, 4) is 0 Å². The predicted molar refractivity (Wildman–Crippen MR) is 128 cm³/mol. The lowest BCUT2D eigenvalue weighted by atomic mass is 10.2. The summed E-state index contributed by atoms with van der Waals surface area (Å²) in [5, 5.41) is 4.21. The van der Waals surface area contributed by atoms with Crippen molar-refractivity contribution >= 4 is 69.8 Å². The highest BCUT2D eigenvalue weighted by Gasteiger charge is 2.40. The molecule has 3 aromatic carbocycles. The Morgan fingerprint density at radius 2 is 1.58 bits per heavy atom. The Labute approximate surface area is 198 Å². The van der Waals surface area contributed by atoms with Crippen molar-refractivity contribution in [2.24, 2.45) is 0 Å². The molecule has 156 valence electrons. The number of benzene rings is 3. The molecule has 0 spiro atoms. The lowest BCUT2D eigenvalue weighted by Gasteiger charge is -2.15. The number of anilines is 2. The predicted octanol–water partition coefficient (Wildman–Crippen LogP) is 6.94. The Bertz CT molecular complexity index is 1230. The van der Waals surface area contributed by atoms with Crippen molar-refractivity contribution in [2.45, 2.75) is 11.8 Å². The van der Waals surface area contributed by atoms with Gasteiger partial charge in [-0.25, -0.2) is 4.90 Å². The maximum absolute atomic E-state index is 13.3. The second kappa shape index (κ2) is 8.97. The maximum Gasteiger partial charge on any atom is 0.283 e. The van der Waals surface area contributed by atoms with Crippen LogP contribution in [-0.4, -0.2) is 11.8 Å². The van der Waals surface area contributed by atoms with Gasteiger partial charge in [0.1, 0.15) is 10.6 Å². The van der Waals surface area contributed by atoms with Crippen LogP contribution in [0.3, 0.4) is 0 Å². The van der Waals surface area contributed by atoms with Crippen molar-refractivity contribution in [3.05, 3.63) is 98.0 Å². The van der Waals surface area contributed by atoms with E-state index in [1.54, 1.807) is 42.5 Å². The van der Waals surface area contributed by atoms with Gasteiger partial charge in [0.25, 0.3) is 11.8 Å². The van der Waals surface area contributed by atoms with Gasteiger partial charge < -0.3 is 5.32 Å². The number of thioether (sulfide) groups is 1. The minimum atomic E-state index is -0.479. The van der Waals surface area contributed by atoms with Gasteiger partial charge in [-0.2, -0.15) is 0 Å². The van der Waals surface area contributed by atoms with Gasteiger partial charge in [0.2, 0.25) is 0 Å². The van der Waals surface area contributed by atoms with E-state index in [0.29, 0.717) is 26.4 Å². The van der Waals surface area contributed by atoms with Crippen LogP contribution in [0.1, 0.15) is 5.56 Å². The molecule has 0 unspecified atom stereocenters. The Morgan fingerprint density at radius 1 is 0.839 bits per heavy atom. The van der Waals surface area contributed by atoms with E-state index in [-0.39, 0.29) is 10.6 Å². The van der Waals surface area contributed by atoms with Gasteiger partial charge in [0.15, 0.2) is 0 Å². The SMILES string of the molecule is Cc1ccc(SC2=C(Nc3ccc(Cl)c(Cl)c3)C(=O)N(c3cccc(Cl)c3)C2=O)cc1. The molecule has 1 aliphatic heterocycles. The van der Waals surface area contributed by atoms with Crippen LogP contribution >= 0.6 is 46.6 Å². The summed E-state index contributed by atoms with van der Waals surface area (Å²) in [5.74, 6) is -0.909. The number of halogens is 3. The summed E-state index contributed by atoms with van der Waals surface area (Å²) in [5.41, 5.74) is 2.20. The van der Waals surface area contributed by atoms with E-state index < -0.39 is 11.8 Å². The fourth-order valence-corrected chi connectivity index (χ4v) is 4.42. The normalized spacial score (nSPS) is 13.9. The third-order valence-electron chi connectivity index (χ3n) is 4.54. The lowest BCUT2D eigenvalue weighted by Crippen LogP contribution is -2.32. The molecule has 0 aromatic heterocycles. The number of nitrogens with zero attached hydrogens (tertiary/aromatic N) is 1. The number of carbonyl (C=O) groups excluding carboxylic acids is 2. The van der Waals surface area contributed by atoms with Crippen LogP contribution in [-0.2, 0) is 9.59 Å². The Morgan fingerprint density at radius 3 is 2.26 bits per heavy atom. The van der Waals surface area contributed by atoms with E-state index >= 15 is 0 Å². The monoisotopic (exact) mass is 488 g/mol. The van der Waals surface area contributed by atoms with E-state index in [0.717, 1.165) is 15.4 Å². The average molecular weight is 490 g/mol. The summed E-state index contributed by atoms with van der Waals surface area (Å²) in [7, 11) is 0. The van der Waals surface area contributed by atoms with E-state index in [1.165, 1.54) is 11.8 Å². The third kappa shape index (κ3) is 4.60. The first-order chi connectivity index (χ1) is 14.8. The molecule has 31 heavy (non-hydrogen) atoms. The molecule has 0 saturated heterocycles. The molecule has 4 rings (SSSR count). The molecule has 0 saturated carbocycles. The van der Waals surface area contributed by atoms with E-state index in [2.05, 4.69) is 5.32 Å². The first-order valence-electron chi connectivity index (χ1n) is 9.19. The topological polar surface area (TPSA) is 49.4 Å². The Kier molecular flexibility index (Phi) is 6.30. The second-order valence-electron chi connectivity index (χ2n) is 6.80. The van der Waals surface area contributed by atoms with Gasteiger partial charge in [-0.3, -0.25) is 9.59 Å². The van der Waals surface area contributed by atoms with Gasteiger partial charge in [-0.05, 0) is 55.5 Å². The number of amides is 2. The van der Waals surface area contributed by atoms with Crippen LogP contribution in [0.2, 0.25) is 15.1 Å². The van der Waals surface area contributed by atoms with Crippen LogP contribution in [0, 0.1) is 6.92 Å². The summed E-state index contributed by atoms with van der Waals surface area (Å²) >= 11 is 19.4. The number of carbonyl (C=O) groups is 2. The Hall–Kier alpha value is -2.44. The fraction of sp³-hybridized carbons (Fsp3) is 0.0435. The van der Waals surface area contributed by atoms with Gasteiger partial charge >= 0.3 is 0 Å². The number of nitrogens with one attached hydrogen (secondary N) is 1. The highest BCUT2D eigenvalue weighted by molar-refractivity contribution is 8.04. The molecule has 1 N–H and O–H groups in total. The molecular weight excluding hydrogens is 475 g/mol. The maximum atomic E-state index is 13.3. The molecule has 0 fully saturated rings. The zero-order valence-electron chi connectivity index (χ0n) is 16.2. The molecule has 0 radical (unpaired) electrons. The Balaban J connectivity index is 1.75. The zero-order chi connectivity index (χ0) is 22.1. The van der Waals surface area contributed by atoms with Crippen LogP contribution < -0.4 is 10.2 Å². The summed E-state index contributed by atoms with van der Waals surface area (Å²) in [4.78, 5) is 28.9. The number of aryl methyl sites for hydroxylation is 1. The zero-order valence-corrected chi connectivity index (χ0v) is 19.2. The molecule has 1 heterocycles. The summed E-state index contributed by atoms with van der Waals surface area (Å²) < 4.78 is 0. The molecule has 0 bridgehead atoms. The molecule has 4 nitrogen and oxygen atoms in total. The first kappa shape index (κ1) is 21.8. The van der Waals surface area contributed by atoms with Crippen molar-refractivity contribution in [1.29, 1.82) is 0 Å². The number of hydrogen-bond acceptors (Lipinski definition) is 4. The van der Waals surface area contributed by atoms with Gasteiger partial charge in [0.05, 0.1) is 15.7 Å². The minimum Gasteiger partial charge on any atom is -0.350 e. The molecular formula is C23H15Cl3N2O2S.